The summed E-state index contributed by atoms with van der Waals surface area (Å²) in [5.74, 6) is 0.994. The first kappa shape index (κ1) is 40.3. The van der Waals surface area contributed by atoms with Crippen LogP contribution in [0.25, 0.3) is 0 Å². The second kappa shape index (κ2) is 22.5. The van der Waals surface area contributed by atoms with Gasteiger partial charge in [0.25, 0.3) is 0 Å². The lowest BCUT2D eigenvalue weighted by Crippen LogP contribution is -2.32. The molecule has 50 heavy (non-hydrogen) atoms. The maximum Gasteiger partial charge on any atom is 0.343 e. The molecule has 272 valence electrons. The number of aliphatic hydroxyl groups is 1. The topological polar surface area (TPSA) is 108 Å². The van der Waals surface area contributed by atoms with Crippen LogP contribution in [0.15, 0.2) is 96.0 Å². The molecule has 0 saturated heterocycles. The van der Waals surface area contributed by atoms with E-state index in [-0.39, 0.29) is 6.42 Å². The maximum absolute atomic E-state index is 13.0. The van der Waals surface area contributed by atoms with Gasteiger partial charge in [-0.1, -0.05) is 84.1 Å². The van der Waals surface area contributed by atoms with Gasteiger partial charge in [0.1, 0.15) is 29.7 Å². The molecule has 1 aromatic rings. The van der Waals surface area contributed by atoms with E-state index in [0.717, 1.165) is 63.2 Å². The van der Waals surface area contributed by atoms with Gasteiger partial charge in [0.15, 0.2) is 0 Å². The minimum Gasteiger partial charge on any atom is -0.488 e. The van der Waals surface area contributed by atoms with Gasteiger partial charge in [0.05, 0.1) is 11.7 Å². The van der Waals surface area contributed by atoms with Crippen LogP contribution in [-0.4, -0.2) is 41.8 Å². The fourth-order valence-corrected chi connectivity index (χ4v) is 5.93. The van der Waals surface area contributed by atoms with Crippen molar-refractivity contribution in [3.8, 4) is 5.75 Å². The van der Waals surface area contributed by atoms with Crippen molar-refractivity contribution in [2.75, 3.05) is 0 Å². The summed E-state index contributed by atoms with van der Waals surface area (Å²) in [7, 11) is 0. The number of hydrogen-bond acceptors (Lipinski definition) is 8. The Labute approximate surface area is 298 Å². The quantitative estimate of drug-likeness (QED) is 0.0376. The predicted molar refractivity (Wildman–Crippen MR) is 196 cm³/mol. The maximum atomic E-state index is 13.0. The Bertz CT molecular complexity index is 1400. The summed E-state index contributed by atoms with van der Waals surface area (Å²) in [4.78, 5) is 35.8. The Hall–Kier alpha value is -4.17. The number of allylic oxidation sites excluding steroid dienone is 8. The van der Waals surface area contributed by atoms with Crippen molar-refractivity contribution < 1.29 is 38.4 Å². The average Bonchev–Trinajstić information content (AvgIpc) is 3.13. The molecule has 3 unspecified atom stereocenters. The van der Waals surface area contributed by atoms with Crippen molar-refractivity contribution in [3.63, 3.8) is 0 Å². The first-order valence-corrected chi connectivity index (χ1v) is 18.4. The lowest BCUT2D eigenvalue weighted by atomic mass is 9.90. The number of esters is 2. The highest BCUT2D eigenvalue weighted by Gasteiger charge is 2.23. The first-order chi connectivity index (χ1) is 24.3. The van der Waals surface area contributed by atoms with E-state index in [4.69, 9.17) is 18.9 Å². The highest BCUT2D eigenvalue weighted by molar-refractivity contribution is 5.90. The number of aliphatic hydroxyl groups excluding tert-OH is 1. The molecule has 0 radical (unpaired) electrons. The molecule has 0 fully saturated rings. The van der Waals surface area contributed by atoms with Crippen molar-refractivity contribution >= 4 is 18.2 Å². The van der Waals surface area contributed by atoms with E-state index < -0.39 is 30.4 Å². The van der Waals surface area contributed by atoms with E-state index in [0.29, 0.717) is 54.6 Å². The van der Waals surface area contributed by atoms with Crippen LogP contribution in [0.5, 0.6) is 5.75 Å². The monoisotopic (exact) mass is 688 g/mol. The van der Waals surface area contributed by atoms with Crippen LogP contribution in [0.3, 0.4) is 0 Å². The number of carbonyl (C=O) groups excluding carboxylic acids is 3. The zero-order valence-corrected chi connectivity index (χ0v) is 30.0. The molecule has 2 aliphatic rings. The predicted octanol–water partition coefficient (Wildman–Crippen LogP) is 9.71. The Morgan fingerprint density at radius 2 is 1.40 bits per heavy atom. The number of ether oxygens (including phenoxy) is 4. The van der Waals surface area contributed by atoms with Gasteiger partial charge in [-0.05, 0) is 85.2 Å². The molecule has 2 aliphatic carbocycles. The third-order valence-corrected chi connectivity index (χ3v) is 8.89. The van der Waals surface area contributed by atoms with Gasteiger partial charge in [-0.15, -0.1) is 0 Å². The molecule has 3 rings (SSSR count). The second-order valence-corrected chi connectivity index (χ2v) is 13.0. The van der Waals surface area contributed by atoms with Crippen molar-refractivity contribution in [3.05, 3.63) is 102 Å². The summed E-state index contributed by atoms with van der Waals surface area (Å²) in [6, 6.07) is 6.73. The van der Waals surface area contributed by atoms with Gasteiger partial charge in [0.2, 0.25) is 6.29 Å². The molecule has 1 N–H and O–H groups in total. The molecule has 0 spiro atoms. The summed E-state index contributed by atoms with van der Waals surface area (Å²) in [6.07, 6.45) is 21.7. The van der Waals surface area contributed by atoms with Crippen LogP contribution in [0.2, 0.25) is 0 Å². The molecule has 0 amide bonds. The lowest BCUT2D eigenvalue weighted by Gasteiger charge is -2.24. The van der Waals surface area contributed by atoms with Crippen LogP contribution in [0, 0.1) is 0 Å². The number of benzene rings is 1. The van der Waals surface area contributed by atoms with Crippen LogP contribution < -0.4 is 4.74 Å². The molecule has 0 bridgehead atoms. The second-order valence-electron chi connectivity index (χ2n) is 13.0. The van der Waals surface area contributed by atoms with Gasteiger partial charge >= 0.3 is 11.9 Å². The van der Waals surface area contributed by atoms with E-state index in [1.54, 1.807) is 24.3 Å². The fraction of sp³-hybridized carbons (Fsp3) is 0.500. The summed E-state index contributed by atoms with van der Waals surface area (Å²) < 4.78 is 23.3. The van der Waals surface area contributed by atoms with Gasteiger partial charge in [-0.25, -0.2) is 9.59 Å². The van der Waals surface area contributed by atoms with E-state index in [1.165, 1.54) is 30.4 Å². The number of hydrogen-bond donors (Lipinski definition) is 1. The smallest absolute Gasteiger partial charge is 0.343 e. The SMILES string of the molecule is C=CC(=O)OC(CCCCC)OC1=CC=C(C2=CC=C(OC(=O)c3ccc(OC(CCCCCCCC)C(O)CC(=C)C=O)cc3)CC2)CC1. The molecular formula is C42H56O8. The molecule has 1 aromatic carbocycles. The number of rotatable bonds is 24. The number of aldehydes is 1. The minimum atomic E-state index is -0.860. The van der Waals surface area contributed by atoms with Gasteiger partial charge in [0, 0.05) is 31.8 Å². The summed E-state index contributed by atoms with van der Waals surface area (Å²) in [5, 5.41) is 10.8. The Kier molecular flexibility index (Phi) is 18.1. The van der Waals surface area contributed by atoms with Crippen LogP contribution in [-0.2, 0) is 23.8 Å². The summed E-state index contributed by atoms with van der Waals surface area (Å²) in [6.45, 7) is 11.5. The molecule has 0 aliphatic heterocycles. The van der Waals surface area contributed by atoms with Crippen molar-refractivity contribution in [1.29, 1.82) is 0 Å². The van der Waals surface area contributed by atoms with E-state index in [2.05, 4.69) is 27.0 Å². The van der Waals surface area contributed by atoms with Crippen molar-refractivity contribution in [2.24, 2.45) is 0 Å². The highest BCUT2D eigenvalue weighted by atomic mass is 16.7. The van der Waals surface area contributed by atoms with Gasteiger partial charge < -0.3 is 24.1 Å². The zero-order chi connectivity index (χ0) is 36.1. The Morgan fingerprint density at radius 1 is 0.800 bits per heavy atom. The third-order valence-electron chi connectivity index (χ3n) is 8.89. The normalized spacial score (nSPS) is 16.0. The van der Waals surface area contributed by atoms with Crippen LogP contribution in [0.4, 0.5) is 0 Å². The summed E-state index contributed by atoms with van der Waals surface area (Å²) >= 11 is 0. The van der Waals surface area contributed by atoms with Crippen molar-refractivity contribution in [1.82, 2.24) is 0 Å². The fourth-order valence-electron chi connectivity index (χ4n) is 5.93. The molecule has 8 heteroatoms. The lowest BCUT2D eigenvalue weighted by molar-refractivity contribution is -0.167. The molecule has 3 atom stereocenters. The number of unbranched alkanes of at least 4 members (excludes halogenated alkanes) is 7. The standard InChI is InChI=1S/C42H56O8/c1-5-8-10-11-12-14-15-39(38(44)29-31(4)30-43)47-35-27-21-34(22-28-35)42(46)49-37-25-19-33(20-26-37)32-17-23-36(24-18-32)48-41(16-13-9-6-2)50-40(45)7-3/h7,17,19,21-23,25,27-28,30,38-39,41,44H,3-6,8-16,18,20,24,26,29H2,1-2H3. The molecular weight excluding hydrogens is 632 g/mol. The molecule has 0 heterocycles. The minimum absolute atomic E-state index is 0.151. The van der Waals surface area contributed by atoms with Gasteiger partial charge in [-0.2, -0.15) is 0 Å². The summed E-state index contributed by atoms with van der Waals surface area (Å²) in [5.41, 5.74) is 3.12. The van der Waals surface area contributed by atoms with E-state index in [9.17, 15) is 19.5 Å². The Balaban J connectivity index is 1.55. The van der Waals surface area contributed by atoms with Gasteiger partial charge in [-0.3, -0.25) is 4.79 Å². The van der Waals surface area contributed by atoms with E-state index >= 15 is 0 Å². The van der Waals surface area contributed by atoms with Crippen LogP contribution >= 0.6 is 0 Å². The molecule has 0 aromatic heterocycles. The average molecular weight is 689 g/mol. The van der Waals surface area contributed by atoms with E-state index in [1.807, 2.05) is 24.3 Å². The highest BCUT2D eigenvalue weighted by Crippen LogP contribution is 2.32. The molecule has 0 saturated carbocycles. The zero-order valence-electron chi connectivity index (χ0n) is 30.0. The van der Waals surface area contributed by atoms with Crippen LogP contribution in [0.1, 0.15) is 127 Å². The first-order valence-electron chi connectivity index (χ1n) is 18.4. The van der Waals surface area contributed by atoms with Crippen molar-refractivity contribution in [2.45, 2.75) is 135 Å². The number of carbonyl (C=O) groups is 3. The Morgan fingerprint density at radius 3 is 2.00 bits per heavy atom. The largest absolute Gasteiger partial charge is 0.488 e. The third kappa shape index (κ3) is 14.4. The molecule has 8 nitrogen and oxygen atoms in total.